The highest BCUT2D eigenvalue weighted by atomic mass is 32.2. The lowest BCUT2D eigenvalue weighted by Gasteiger charge is -2.10. The maximum atomic E-state index is 11.5. The van der Waals surface area contributed by atoms with E-state index < -0.39 is 15.9 Å². The molecule has 6 heteroatoms. The van der Waals surface area contributed by atoms with Crippen LogP contribution in [-0.2, 0) is 14.6 Å². The highest BCUT2D eigenvalue weighted by Gasteiger charge is 2.12. The summed E-state index contributed by atoms with van der Waals surface area (Å²) in [4.78, 5) is 11.7. The molecule has 0 heterocycles. The first kappa shape index (κ1) is 13.7. The number of benzene rings is 1. The molecule has 1 atom stereocenters. The highest BCUT2D eigenvalue weighted by Crippen LogP contribution is 2.15. The summed E-state index contributed by atoms with van der Waals surface area (Å²) in [6, 6.07) is 5.50. The fourth-order valence-electron chi connectivity index (χ4n) is 1.22. The topological polar surface area (TPSA) is 89.3 Å². The fourth-order valence-corrected chi connectivity index (χ4v) is 1.89. The molecule has 1 aromatic rings. The van der Waals surface area contributed by atoms with Gasteiger partial charge in [0.05, 0.1) is 10.9 Å². The Labute approximate surface area is 101 Å². The number of rotatable bonds is 4. The molecule has 0 aromatic heterocycles. The Morgan fingerprint density at radius 1 is 1.47 bits per heavy atom. The molecule has 0 saturated heterocycles. The van der Waals surface area contributed by atoms with Crippen molar-refractivity contribution >= 4 is 21.4 Å². The van der Waals surface area contributed by atoms with E-state index in [1.54, 1.807) is 19.1 Å². The van der Waals surface area contributed by atoms with E-state index in [0.717, 1.165) is 6.26 Å². The first-order valence-corrected chi connectivity index (χ1v) is 7.10. The molecule has 0 aliphatic rings. The minimum absolute atomic E-state index is 0.167. The van der Waals surface area contributed by atoms with Crippen LogP contribution in [0.2, 0.25) is 0 Å². The summed E-state index contributed by atoms with van der Waals surface area (Å²) in [7, 11) is -3.27. The Morgan fingerprint density at radius 2 is 2.12 bits per heavy atom. The maximum Gasteiger partial charge on any atom is 0.241 e. The van der Waals surface area contributed by atoms with Crippen LogP contribution in [0.4, 0.5) is 5.69 Å². The van der Waals surface area contributed by atoms with Crippen LogP contribution in [0, 0.1) is 0 Å². The summed E-state index contributed by atoms with van der Waals surface area (Å²) in [6.07, 6.45) is 1.64. The molecule has 5 nitrogen and oxygen atoms in total. The second-order valence-corrected chi connectivity index (χ2v) is 5.82. The second kappa shape index (κ2) is 5.29. The first-order valence-electron chi connectivity index (χ1n) is 5.21. The maximum absolute atomic E-state index is 11.5. The molecule has 1 amide bonds. The lowest BCUT2D eigenvalue weighted by atomic mass is 10.2. The molecule has 1 aromatic carbocycles. The van der Waals surface area contributed by atoms with Crippen LogP contribution < -0.4 is 11.1 Å². The van der Waals surface area contributed by atoms with Crippen LogP contribution in [0.1, 0.15) is 13.3 Å². The number of hydrogen-bond acceptors (Lipinski definition) is 4. The Morgan fingerprint density at radius 3 is 2.65 bits per heavy atom. The van der Waals surface area contributed by atoms with E-state index in [0.29, 0.717) is 12.1 Å². The molecule has 0 aliphatic heterocycles. The van der Waals surface area contributed by atoms with Gasteiger partial charge in [-0.05, 0) is 24.6 Å². The van der Waals surface area contributed by atoms with Crippen molar-refractivity contribution in [1.82, 2.24) is 0 Å². The van der Waals surface area contributed by atoms with E-state index in [-0.39, 0.29) is 10.8 Å². The van der Waals surface area contributed by atoms with E-state index in [9.17, 15) is 13.2 Å². The Kier molecular flexibility index (Phi) is 4.25. The number of nitrogens with two attached hydrogens (primary N) is 1. The molecule has 17 heavy (non-hydrogen) atoms. The zero-order valence-corrected chi connectivity index (χ0v) is 10.6. The third-order valence-electron chi connectivity index (χ3n) is 2.31. The molecular weight excluding hydrogens is 240 g/mol. The molecule has 0 bridgehead atoms. The third kappa shape index (κ3) is 3.83. The number of sulfone groups is 1. The third-order valence-corrected chi connectivity index (χ3v) is 3.42. The van der Waals surface area contributed by atoms with E-state index in [1.165, 1.54) is 12.1 Å². The monoisotopic (exact) mass is 256 g/mol. The molecule has 0 fully saturated rings. The minimum atomic E-state index is -3.27. The highest BCUT2D eigenvalue weighted by molar-refractivity contribution is 7.90. The molecule has 3 N–H and O–H groups in total. The normalized spacial score (nSPS) is 13.1. The molecule has 94 valence electrons. The summed E-state index contributed by atoms with van der Waals surface area (Å²) < 4.78 is 22.6. The molecule has 0 aliphatic carbocycles. The predicted molar refractivity (Wildman–Crippen MR) is 66.4 cm³/mol. The van der Waals surface area contributed by atoms with Crippen molar-refractivity contribution in [3.8, 4) is 0 Å². The molecule has 0 radical (unpaired) electrons. The summed E-state index contributed by atoms with van der Waals surface area (Å²) in [5.41, 5.74) is 5.99. The van der Waals surface area contributed by atoms with Gasteiger partial charge in [0.1, 0.15) is 0 Å². The number of amides is 1. The summed E-state index contributed by atoms with van der Waals surface area (Å²) >= 11 is 0. The van der Waals surface area contributed by atoms with Crippen LogP contribution in [-0.4, -0.2) is 26.6 Å². The smallest absolute Gasteiger partial charge is 0.241 e. The summed E-state index contributed by atoms with van der Waals surface area (Å²) in [5.74, 6) is -0.321. The van der Waals surface area contributed by atoms with Crippen molar-refractivity contribution < 1.29 is 13.2 Å². The summed E-state index contributed by atoms with van der Waals surface area (Å²) in [6.45, 7) is 1.80. The van der Waals surface area contributed by atoms with E-state index >= 15 is 0 Å². The van der Waals surface area contributed by atoms with Crippen molar-refractivity contribution in [1.29, 1.82) is 0 Å². The van der Waals surface area contributed by atoms with Gasteiger partial charge in [-0.1, -0.05) is 13.0 Å². The van der Waals surface area contributed by atoms with Gasteiger partial charge in [-0.25, -0.2) is 8.42 Å². The number of carbonyl (C=O) groups is 1. The van der Waals surface area contributed by atoms with Gasteiger partial charge in [-0.15, -0.1) is 0 Å². The number of hydrogen-bond donors (Lipinski definition) is 2. The van der Waals surface area contributed by atoms with Crippen LogP contribution in [0.25, 0.3) is 0 Å². The van der Waals surface area contributed by atoms with Gasteiger partial charge in [-0.3, -0.25) is 4.79 Å². The summed E-state index contributed by atoms with van der Waals surface area (Å²) in [5, 5.41) is 2.58. The van der Waals surface area contributed by atoms with Gasteiger partial charge in [0.25, 0.3) is 0 Å². The predicted octanol–water partition coefficient (Wildman–Crippen LogP) is 0.766. The van der Waals surface area contributed by atoms with Gasteiger partial charge < -0.3 is 11.1 Å². The minimum Gasteiger partial charge on any atom is -0.325 e. The number of carbonyl (C=O) groups excluding carboxylic acids is 1. The first-order chi connectivity index (χ1) is 7.84. The van der Waals surface area contributed by atoms with Gasteiger partial charge >= 0.3 is 0 Å². The Balaban J connectivity index is 2.91. The quantitative estimate of drug-likeness (QED) is 0.832. The Bertz CT molecular complexity index is 511. The van der Waals surface area contributed by atoms with Gasteiger partial charge in [0.2, 0.25) is 5.91 Å². The lowest BCUT2D eigenvalue weighted by Crippen LogP contribution is -2.34. The van der Waals surface area contributed by atoms with Gasteiger partial charge in [0, 0.05) is 11.9 Å². The Hall–Kier alpha value is -1.40. The van der Waals surface area contributed by atoms with E-state index in [4.69, 9.17) is 5.73 Å². The van der Waals surface area contributed by atoms with E-state index in [1.807, 2.05) is 0 Å². The zero-order chi connectivity index (χ0) is 13.1. The largest absolute Gasteiger partial charge is 0.325 e. The molecule has 0 saturated carbocycles. The van der Waals surface area contributed by atoms with Crippen molar-refractivity contribution in [2.45, 2.75) is 24.3 Å². The van der Waals surface area contributed by atoms with Gasteiger partial charge in [0.15, 0.2) is 9.84 Å². The average molecular weight is 256 g/mol. The van der Waals surface area contributed by atoms with Crippen molar-refractivity contribution in [2.75, 3.05) is 11.6 Å². The SMILES string of the molecule is CCC(N)C(=O)Nc1cccc(S(C)(=O)=O)c1. The van der Waals surface area contributed by atoms with Crippen LogP contribution in [0.15, 0.2) is 29.2 Å². The molecule has 0 spiro atoms. The van der Waals surface area contributed by atoms with Gasteiger partial charge in [-0.2, -0.15) is 0 Å². The van der Waals surface area contributed by atoms with Crippen LogP contribution >= 0.6 is 0 Å². The van der Waals surface area contributed by atoms with Crippen molar-refractivity contribution in [3.63, 3.8) is 0 Å². The lowest BCUT2D eigenvalue weighted by molar-refractivity contribution is -0.117. The van der Waals surface area contributed by atoms with E-state index in [2.05, 4.69) is 5.32 Å². The molecule has 1 unspecified atom stereocenters. The van der Waals surface area contributed by atoms with Crippen molar-refractivity contribution in [3.05, 3.63) is 24.3 Å². The fraction of sp³-hybridized carbons (Fsp3) is 0.364. The zero-order valence-electron chi connectivity index (χ0n) is 9.80. The molecular formula is C11H16N2O3S. The number of nitrogens with one attached hydrogen (secondary N) is 1. The standard InChI is InChI=1S/C11H16N2O3S/c1-3-10(12)11(14)13-8-5-4-6-9(7-8)17(2,15)16/h4-7,10H,3,12H2,1-2H3,(H,13,14). The average Bonchev–Trinajstić information content (AvgIpc) is 2.27. The van der Waals surface area contributed by atoms with Crippen LogP contribution in [0.5, 0.6) is 0 Å². The number of anilines is 1. The molecule has 1 rings (SSSR count). The van der Waals surface area contributed by atoms with Crippen molar-refractivity contribution in [2.24, 2.45) is 5.73 Å². The second-order valence-electron chi connectivity index (χ2n) is 3.80. The van der Waals surface area contributed by atoms with Crippen LogP contribution in [0.3, 0.4) is 0 Å².